The molecule has 0 N–H and O–H groups in total. The first-order chi connectivity index (χ1) is 16.5. The zero-order valence-electron chi connectivity index (χ0n) is 18.9. The molecule has 3 aromatic rings. The van der Waals surface area contributed by atoms with Gasteiger partial charge >= 0.3 is 0 Å². The summed E-state index contributed by atoms with van der Waals surface area (Å²) in [5, 5.41) is 0.579. The first-order valence-corrected chi connectivity index (χ1v) is 13.7. The number of anilines is 1. The van der Waals surface area contributed by atoms with E-state index in [4.69, 9.17) is 14.5 Å². The summed E-state index contributed by atoms with van der Waals surface area (Å²) in [6, 6.07) is 13.2. The van der Waals surface area contributed by atoms with E-state index in [1.54, 1.807) is 17.0 Å². The summed E-state index contributed by atoms with van der Waals surface area (Å²) in [5.74, 6) is 0.329. The van der Waals surface area contributed by atoms with E-state index in [0.717, 1.165) is 23.1 Å². The maximum Gasteiger partial charge on any atom is 0.247 e. The van der Waals surface area contributed by atoms with E-state index in [1.807, 2.05) is 24.3 Å². The highest BCUT2D eigenvalue weighted by molar-refractivity contribution is 7.89. The standard InChI is InChI=1S/C24H27N3O5S2/c1-31-17-10-12-19(13-11-17)34(29,30)27-14-4-8-21(27)23(28)26(16-18-6-5-15-32-18)24-25-20-7-2-3-9-22(20)33-24/h2-3,7,9-13,18,21H,4-6,8,14-16H2,1H3. The van der Waals surface area contributed by atoms with Crippen LogP contribution in [0.15, 0.2) is 53.4 Å². The van der Waals surface area contributed by atoms with E-state index < -0.39 is 16.1 Å². The molecule has 34 heavy (non-hydrogen) atoms. The smallest absolute Gasteiger partial charge is 0.247 e. The highest BCUT2D eigenvalue weighted by Gasteiger charge is 2.42. The number of ether oxygens (including phenoxy) is 2. The van der Waals surface area contributed by atoms with Crippen molar-refractivity contribution < 1.29 is 22.7 Å². The van der Waals surface area contributed by atoms with Gasteiger partial charge in [0.15, 0.2) is 5.13 Å². The van der Waals surface area contributed by atoms with Gasteiger partial charge in [-0.05, 0) is 62.1 Å². The lowest BCUT2D eigenvalue weighted by atomic mass is 10.2. The van der Waals surface area contributed by atoms with Gasteiger partial charge in [0.1, 0.15) is 11.8 Å². The second-order valence-corrected chi connectivity index (χ2v) is 11.4. The number of hydrogen-bond acceptors (Lipinski definition) is 7. The summed E-state index contributed by atoms with van der Waals surface area (Å²) in [7, 11) is -2.31. The van der Waals surface area contributed by atoms with Crippen LogP contribution in [0.5, 0.6) is 5.75 Å². The Morgan fingerprint density at radius 3 is 2.68 bits per heavy atom. The van der Waals surface area contributed by atoms with Gasteiger partial charge in [0.25, 0.3) is 0 Å². The molecule has 1 aromatic heterocycles. The topological polar surface area (TPSA) is 89.0 Å². The van der Waals surface area contributed by atoms with Gasteiger partial charge in [-0.15, -0.1) is 0 Å². The number of rotatable bonds is 7. The Labute approximate surface area is 203 Å². The Bertz CT molecular complexity index is 1240. The molecule has 8 nitrogen and oxygen atoms in total. The largest absolute Gasteiger partial charge is 0.497 e. The normalized spacial score (nSPS) is 21.2. The van der Waals surface area contributed by atoms with Crippen molar-refractivity contribution in [2.24, 2.45) is 0 Å². The Hall–Kier alpha value is -2.53. The number of aromatic nitrogens is 1. The number of amides is 1. The molecule has 2 aliphatic rings. The SMILES string of the molecule is COc1ccc(S(=O)(=O)N2CCCC2C(=O)N(CC2CCCO2)c2nc3ccccc3s2)cc1. The zero-order chi connectivity index (χ0) is 23.7. The third kappa shape index (κ3) is 4.43. The van der Waals surface area contributed by atoms with Crippen molar-refractivity contribution in [3.05, 3.63) is 48.5 Å². The highest BCUT2D eigenvalue weighted by Crippen LogP contribution is 2.33. The number of methoxy groups -OCH3 is 1. The van der Waals surface area contributed by atoms with Crippen LogP contribution in [0.3, 0.4) is 0 Å². The van der Waals surface area contributed by atoms with Crippen molar-refractivity contribution in [3.63, 3.8) is 0 Å². The fourth-order valence-electron chi connectivity index (χ4n) is 4.57. The first kappa shape index (κ1) is 23.2. The van der Waals surface area contributed by atoms with E-state index >= 15 is 0 Å². The van der Waals surface area contributed by atoms with Crippen LogP contribution >= 0.6 is 11.3 Å². The van der Waals surface area contributed by atoms with Crippen molar-refractivity contribution in [2.75, 3.05) is 31.7 Å². The van der Waals surface area contributed by atoms with Crippen molar-refractivity contribution in [3.8, 4) is 5.75 Å². The van der Waals surface area contributed by atoms with Crippen LogP contribution in [0, 0.1) is 0 Å². The molecule has 10 heteroatoms. The third-order valence-electron chi connectivity index (χ3n) is 6.34. The number of carbonyl (C=O) groups excluding carboxylic acids is 1. The molecular formula is C24H27N3O5S2. The summed E-state index contributed by atoms with van der Waals surface area (Å²) in [5.41, 5.74) is 0.821. The minimum Gasteiger partial charge on any atom is -0.497 e. The van der Waals surface area contributed by atoms with Crippen LogP contribution in [-0.4, -0.2) is 62.6 Å². The Balaban J connectivity index is 1.46. The predicted octanol–water partition coefficient (Wildman–Crippen LogP) is 3.67. The molecule has 2 aliphatic heterocycles. The Morgan fingerprint density at radius 1 is 1.18 bits per heavy atom. The molecule has 0 spiro atoms. The van der Waals surface area contributed by atoms with Gasteiger partial charge in [0.2, 0.25) is 15.9 Å². The van der Waals surface area contributed by atoms with Gasteiger partial charge in [-0.2, -0.15) is 4.31 Å². The monoisotopic (exact) mass is 501 g/mol. The number of para-hydroxylation sites is 1. The molecule has 2 saturated heterocycles. The summed E-state index contributed by atoms with van der Waals surface area (Å²) in [6.07, 6.45) is 2.84. The summed E-state index contributed by atoms with van der Waals surface area (Å²) in [6.45, 7) is 1.35. The maximum atomic E-state index is 13.9. The van der Waals surface area contributed by atoms with Gasteiger partial charge in [-0.3, -0.25) is 9.69 Å². The number of fused-ring (bicyclic) bond motifs is 1. The average Bonchev–Trinajstić information content (AvgIpc) is 3.62. The molecule has 0 bridgehead atoms. The summed E-state index contributed by atoms with van der Waals surface area (Å²) < 4.78 is 40.2. The average molecular weight is 502 g/mol. The van der Waals surface area contributed by atoms with Gasteiger partial charge < -0.3 is 9.47 Å². The Morgan fingerprint density at radius 2 is 1.97 bits per heavy atom. The fourth-order valence-corrected chi connectivity index (χ4v) is 7.20. The van der Waals surface area contributed by atoms with Gasteiger partial charge in [-0.25, -0.2) is 13.4 Å². The lowest BCUT2D eigenvalue weighted by Crippen LogP contribution is -2.49. The molecule has 0 aliphatic carbocycles. The molecular weight excluding hydrogens is 474 g/mol. The van der Waals surface area contributed by atoms with Crippen LogP contribution in [0.4, 0.5) is 5.13 Å². The summed E-state index contributed by atoms with van der Waals surface area (Å²) in [4.78, 5) is 20.4. The Kier molecular flexibility index (Phi) is 6.57. The molecule has 5 rings (SSSR count). The third-order valence-corrected chi connectivity index (χ3v) is 9.33. The molecule has 2 atom stereocenters. The molecule has 0 saturated carbocycles. The molecule has 2 fully saturated rings. The van der Waals surface area contributed by atoms with Crippen LogP contribution in [0.2, 0.25) is 0 Å². The number of hydrogen-bond donors (Lipinski definition) is 0. The number of benzene rings is 2. The van der Waals surface area contributed by atoms with Gasteiger partial charge in [-0.1, -0.05) is 23.5 Å². The second-order valence-electron chi connectivity index (χ2n) is 8.50. The first-order valence-electron chi connectivity index (χ1n) is 11.4. The minimum absolute atomic E-state index is 0.0796. The lowest BCUT2D eigenvalue weighted by molar-refractivity contribution is -0.122. The van der Waals surface area contributed by atoms with Crippen molar-refractivity contribution >= 4 is 42.6 Å². The second kappa shape index (κ2) is 9.61. The predicted molar refractivity (Wildman–Crippen MR) is 131 cm³/mol. The van der Waals surface area contributed by atoms with Crippen LogP contribution < -0.4 is 9.64 Å². The van der Waals surface area contributed by atoms with E-state index in [-0.39, 0.29) is 16.9 Å². The summed E-state index contributed by atoms with van der Waals surface area (Å²) >= 11 is 1.44. The maximum absolute atomic E-state index is 13.9. The zero-order valence-corrected chi connectivity index (χ0v) is 20.6. The van der Waals surface area contributed by atoms with E-state index in [2.05, 4.69) is 0 Å². The minimum atomic E-state index is -3.84. The van der Waals surface area contributed by atoms with Crippen LogP contribution in [0.25, 0.3) is 10.2 Å². The highest BCUT2D eigenvalue weighted by atomic mass is 32.2. The quantitative estimate of drug-likeness (QED) is 0.491. The number of nitrogens with zero attached hydrogens (tertiary/aromatic N) is 3. The van der Waals surface area contributed by atoms with Crippen LogP contribution in [-0.2, 0) is 19.6 Å². The van der Waals surface area contributed by atoms with E-state index in [1.165, 1.54) is 34.9 Å². The molecule has 180 valence electrons. The lowest BCUT2D eigenvalue weighted by Gasteiger charge is -2.29. The van der Waals surface area contributed by atoms with Crippen molar-refractivity contribution in [2.45, 2.75) is 42.7 Å². The van der Waals surface area contributed by atoms with Gasteiger partial charge in [0.05, 0.1) is 34.9 Å². The number of carbonyl (C=O) groups is 1. The van der Waals surface area contributed by atoms with E-state index in [9.17, 15) is 13.2 Å². The van der Waals surface area contributed by atoms with Crippen molar-refractivity contribution in [1.82, 2.24) is 9.29 Å². The van der Waals surface area contributed by atoms with Crippen LogP contribution in [0.1, 0.15) is 25.7 Å². The molecule has 0 radical (unpaired) electrons. The van der Waals surface area contributed by atoms with Gasteiger partial charge in [0, 0.05) is 13.2 Å². The number of thiazole rings is 1. The molecule has 1 amide bonds. The van der Waals surface area contributed by atoms with E-state index in [0.29, 0.717) is 43.4 Å². The van der Waals surface area contributed by atoms with Crippen molar-refractivity contribution in [1.29, 1.82) is 0 Å². The number of sulfonamides is 1. The molecule has 3 heterocycles. The molecule has 2 aromatic carbocycles. The fraction of sp³-hybridized carbons (Fsp3) is 0.417. The molecule has 2 unspecified atom stereocenters.